The molecule has 0 aliphatic carbocycles. The van der Waals surface area contributed by atoms with Crippen LogP contribution in [0.15, 0.2) is 28.8 Å². The summed E-state index contributed by atoms with van der Waals surface area (Å²) in [6.07, 6.45) is 5.89. The molecule has 1 aromatic rings. The van der Waals surface area contributed by atoms with Gasteiger partial charge in [0.25, 0.3) is 5.56 Å². The number of aromatic nitrogens is 2. The molecule has 0 radical (unpaired) electrons. The number of aliphatic carboxylic acids is 1. The van der Waals surface area contributed by atoms with E-state index < -0.39 is 18.0 Å². The van der Waals surface area contributed by atoms with Crippen molar-refractivity contribution >= 4 is 29.5 Å². The number of hydrogen-bond acceptors (Lipinski definition) is 9. The Morgan fingerprint density at radius 3 is 2.90 bits per heavy atom. The molecule has 2 amide bonds. The van der Waals surface area contributed by atoms with Crippen LogP contribution < -0.4 is 38.3 Å². The number of fused-ring (bicyclic) bond motifs is 1. The second-order valence-electron chi connectivity index (χ2n) is 7.18. The fourth-order valence-corrected chi connectivity index (χ4v) is 3.18. The second kappa shape index (κ2) is 9.84. The summed E-state index contributed by atoms with van der Waals surface area (Å²) in [4.78, 5) is 43.5. The van der Waals surface area contributed by atoms with E-state index in [0.717, 1.165) is 5.70 Å². The van der Waals surface area contributed by atoms with Crippen LogP contribution >= 0.6 is 0 Å². The van der Waals surface area contributed by atoms with Gasteiger partial charge >= 0.3 is 12.0 Å². The molecule has 168 valence electrons. The van der Waals surface area contributed by atoms with Crippen LogP contribution in [-0.2, 0) is 4.79 Å². The summed E-state index contributed by atoms with van der Waals surface area (Å²) in [5, 5.41) is 21.2. The molecule has 0 aromatic carbocycles. The van der Waals surface area contributed by atoms with Crippen molar-refractivity contribution in [3.63, 3.8) is 0 Å². The van der Waals surface area contributed by atoms with E-state index in [0.29, 0.717) is 37.6 Å². The molecule has 2 atom stereocenters. The smallest absolute Gasteiger partial charge is 0.326 e. The molecule has 13 heteroatoms. The first kappa shape index (κ1) is 22.0. The predicted octanol–water partition coefficient (Wildman–Crippen LogP) is -1.24. The number of hydrogen-bond donors (Lipinski definition) is 8. The first-order chi connectivity index (χ1) is 14.9. The molecule has 3 heterocycles. The Balaban J connectivity index is 1.48. The van der Waals surface area contributed by atoms with E-state index in [-0.39, 0.29) is 30.5 Å². The Morgan fingerprint density at radius 2 is 2.23 bits per heavy atom. The van der Waals surface area contributed by atoms with Crippen LogP contribution in [0.1, 0.15) is 12.8 Å². The zero-order chi connectivity index (χ0) is 22.4. The quantitative estimate of drug-likeness (QED) is 0.245. The molecule has 1 unspecified atom stereocenters. The maximum absolute atomic E-state index is 12.3. The first-order valence-corrected chi connectivity index (χ1v) is 9.89. The Hall–Kier alpha value is -3.74. The maximum atomic E-state index is 12.3. The number of nitrogens with one attached hydrogen (secondary N) is 5. The number of nitrogens with two attached hydrogens (primary N) is 2. The lowest BCUT2D eigenvalue weighted by Gasteiger charge is -2.28. The zero-order valence-corrected chi connectivity index (χ0v) is 16.9. The van der Waals surface area contributed by atoms with E-state index >= 15 is 0 Å². The first-order valence-electron chi connectivity index (χ1n) is 9.89. The van der Waals surface area contributed by atoms with E-state index in [1.165, 1.54) is 4.90 Å². The number of H-pyrrole nitrogens is 1. The number of carboxylic acid groups (broad SMARTS) is 1. The van der Waals surface area contributed by atoms with Gasteiger partial charge in [0, 0.05) is 31.5 Å². The number of aromatic amines is 1. The van der Waals surface area contributed by atoms with Crippen LogP contribution in [0.5, 0.6) is 0 Å². The molecular formula is C18H27N9O4. The Labute approximate surface area is 178 Å². The van der Waals surface area contributed by atoms with E-state index in [9.17, 15) is 19.5 Å². The summed E-state index contributed by atoms with van der Waals surface area (Å²) in [6, 6.07) is -1.54. The van der Waals surface area contributed by atoms with Crippen molar-refractivity contribution < 1.29 is 14.7 Å². The maximum Gasteiger partial charge on any atom is 0.326 e. The van der Waals surface area contributed by atoms with Gasteiger partial charge in [0.05, 0.1) is 6.04 Å². The highest BCUT2D eigenvalue weighted by Crippen LogP contribution is 2.19. The molecule has 31 heavy (non-hydrogen) atoms. The third-order valence-corrected chi connectivity index (χ3v) is 4.85. The summed E-state index contributed by atoms with van der Waals surface area (Å²) in [5.41, 5.74) is 11.7. The average molecular weight is 433 g/mol. The minimum Gasteiger partial charge on any atom is -0.480 e. The Morgan fingerprint density at radius 1 is 1.42 bits per heavy atom. The second-order valence-corrected chi connectivity index (χ2v) is 7.18. The van der Waals surface area contributed by atoms with Gasteiger partial charge in [-0.2, -0.15) is 4.98 Å². The molecule has 13 nitrogen and oxygen atoms in total. The van der Waals surface area contributed by atoms with E-state index in [4.69, 9.17) is 11.5 Å². The SMILES string of the molecule is NCCC[C@H](NC(=O)N1C=CC(NCC2CNc3nc(N)[nH]c(=O)c3N2)=CC1)C(=O)O. The molecule has 0 saturated carbocycles. The van der Waals surface area contributed by atoms with Crippen LogP contribution in [0.3, 0.4) is 0 Å². The molecule has 3 rings (SSSR count). The van der Waals surface area contributed by atoms with Crippen LogP contribution in [0.4, 0.5) is 22.2 Å². The number of amides is 2. The lowest BCUT2D eigenvalue weighted by molar-refractivity contribution is -0.139. The summed E-state index contributed by atoms with van der Waals surface area (Å²) in [5.74, 6) is -0.621. The van der Waals surface area contributed by atoms with Crippen LogP contribution in [0.2, 0.25) is 0 Å². The standard InChI is InChI=1S/C18H27N9O4/c19-5-1-2-12(16(29)30)24-18(31)27-6-3-10(4-7-27)21-8-11-9-22-14-13(23-11)15(28)26-17(20)25-14/h3-4,6,11-12,21,23H,1-2,5,7-9,19H2,(H,24,31)(H,29,30)(H4,20,22,25,26,28)/t11?,12-/m0/s1. The molecule has 0 saturated heterocycles. The van der Waals surface area contributed by atoms with Crippen molar-refractivity contribution in [1.29, 1.82) is 0 Å². The lowest BCUT2D eigenvalue weighted by Crippen LogP contribution is -2.47. The third kappa shape index (κ3) is 5.66. The zero-order valence-electron chi connectivity index (χ0n) is 16.9. The van der Waals surface area contributed by atoms with Gasteiger partial charge in [-0.1, -0.05) is 0 Å². The number of carbonyl (C=O) groups is 2. The van der Waals surface area contributed by atoms with Gasteiger partial charge in [0.1, 0.15) is 11.7 Å². The van der Waals surface area contributed by atoms with E-state index in [1.807, 2.05) is 6.08 Å². The van der Waals surface area contributed by atoms with Gasteiger partial charge in [0.2, 0.25) is 5.95 Å². The molecule has 0 spiro atoms. The van der Waals surface area contributed by atoms with Crippen LogP contribution in [0.25, 0.3) is 0 Å². The predicted molar refractivity (Wildman–Crippen MR) is 115 cm³/mol. The number of anilines is 3. The number of carboxylic acids is 1. The number of urea groups is 1. The summed E-state index contributed by atoms with van der Waals surface area (Å²) < 4.78 is 0. The van der Waals surface area contributed by atoms with Gasteiger partial charge in [-0.3, -0.25) is 14.7 Å². The molecule has 0 bridgehead atoms. The van der Waals surface area contributed by atoms with Crippen molar-refractivity contribution in [2.45, 2.75) is 24.9 Å². The van der Waals surface area contributed by atoms with Gasteiger partial charge in [-0.15, -0.1) is 0 Å². The molecule has 0 fully saturated rings. The van der Waals surface area contributed by atoms with E-state index in [1.54, 1.807) is 12.3 Å². The summed E-state index contributed by atoms with van der Waals surface area (Å²) in [7, 11) is 0. The van der Waals surface area contributed by atoms with E-state index in [2.05, 4.69) is 31.2 Å². The highest BCUT2D eigenvalue weighted by molar-refractivity contribution is 5.83. The minimum atomic E-state index is -1.09. The fraction of sp³-hybridized carbons (Fsp3) is 0.444. The van der Waals surface area contributed by atoms with Crippen molar-refractivity contribution in [1.82, 2.24) is 25.5 Å². The summed E-state index contributed by atoms with van der Waals surface area (Å²) >= 11 is 0. The highest BCUT2D eigenvalue weighted by Gasteiger charge is 2.23. The summed E-state index contributed by atoms with van der Waals surface area (Å²) in [6.45, 7) is 1.70. The van der Waals surface area contributed by atoms with Crippen molar-refractivity contribution in [2.24, 2.45) is 5.73 Å². The van der Waals surface area contributed by atoms with Gasteiger partial charge in [0.15, 0.2) is 5.82 Å². The molecule has 2 aliphatic heterocycles. The average Bonchev–Trinajstić information content (AvgIpc) is 2.75. The number of carbonyl (C=O) groups excluding carboxylic acids is 1. The molecular weight excluding hydrogens is 406 g/mol. The Bertz CT molecular complexity index is 942. The van der Waals surface area contributed by atoms with Gasteiger partial charge in [-0.05, 0) is 31.5 Å². The third-order valence-electron chi connectivity index (χ3n) is 4.85. The van der Waals surface area contributed by atoms with Crippen molar-refractivity contribution in [3.8, 4) is 0 Å². The largest absolute Gasteiger partial charge is 0.480 e. The normalized spacial score (nSPS) is 18.2. The topological polar surface area (TPSA) is 204 Å². The monoisotopic (exact) mass is 433 g/mol. The number of nitrogens with zero attached hydrogens (tertiary/aromatic N) is 2. The van der Waals surface area contributed by atoms with Crippen LogP contribution in [-0.4, -0.2) is 70.2 Å². The van der Waals surface area contributed by atoms with Gasteiger partial charge < -0.3 is 37.8 Å². The lowest BCUT2D eigenvalue weighted by atomic mass is 10.1. The highest BCUT2D eigenvalue weighted by atomic mass is 16.4. The Kier molecular flexibility index (Phi) is 6.97. The van der Waals surface area contributed by atoms with Crippen molar-refractivity contribution in [2.75, 3.05) is 42.5 Å². The van der Waals surface area contributed by atoms with Crippen LogP contribution in [0, 0.1) is 0 Å². The molecule has 2 aliphatic rings. The molecule has 10 N–H and O–H groups in total. The number of allylic oxidation sites excluding steroid dienone is 1. The minimum absolute atomic E-state index is 0.0507. The van der Waals surface area contributed by atoms with Gasteiger partial charge in [-0.25, -0.2) is 9.59 Å². The van der Waals surface area contributed by atoms with Crippen molar-refractivity contribution in [3.05, 3.63) is 34.4 Å². The number of nitrogen functional groups attached to an aromatic ring is 1. The fourth-order valence-electron chi connectivity index (χ4n) is 3.18. The molecule has 1 aromatic heterocycles. The number of rotatable bonds is 8.